The van der Waals surface area contributed by atoms with Gasteiger partial charge in [-0.15, -0.1) is 0 Å². The number of aryl methyl sites for hydroxylation is 2. The van der Waals surface area contributed by atoms with Gasteiger partial charge in [0, 0.05) is 20.1 Å². The Bertz CT molecular complexity index is 550. The summed E-state index contributed by atoms with van der Waals surface area (Å²) in [5, 5.41) is 13.5. The van der Waals surface area contributed by atoms with Crippen molar-refractivity contribution in [3.63, 3.8) is 0 Å². The fraction of sp³-hybridized carbons (Fsp3) is 0.583. The van der Waals surface area contributed by atoms with E-state index in [1.54, 1.807) is 13.8 Å². The molecule has 1 fully saturated rings. The minimum atomic E-state index is -0.485. The number of aliphatic hydroxyl groups is 1. The predicted molar refractivity (Wildman–Crippen MR) is 65.5 cm³/mol. The third-order valence-electron chi connectivity index (χ3n) is 3.39. The first-order chi connectivity index (χ1) is 8.41. The summed E-state index contributed by atoms with van der Waals surface area (Å²) in [6, 6.07) is 0. The molecule has 1 aromatic rings. The average Bonchev–Trinajstić information content (AvgIpc) is 2.73. The Hall–Kier alpha value is -1.69. The van der Waals surface area contributed by atoms with Gasteiger partial charge in [-0.1, -0.05) is 0 Å². The van der Waals surface area contributed by atoms with Crippen LogP contribution in [-0.2, 0) is 7.05 Å². The van der Waals surface area contributed by atoms with Crippen LogP contribution < -0.4 is 5.56 Å². The number of carbonyl (C=O) groups excluding carboxylic acids is 1. The summed E-state index contributed by atoms with van der Waals surface area (Å²) < 4.78 is 1.18. The fourth-order valence-electron chi connectivity index (χ4n) is 2.18. The molecule has 1 N–H and O–H groups in total. The molecule has 6 nitrogen and oxygen atoms in total. The Kier molecular flexibility index (Phi) is 3.21. The Labute approximate surface area is 105 Å². The first-order valence-electron chi connectivity index (χ1n) is 5.93. The van der Waals surface area contributed by atoms with Gasteiger partial charge in [0.15, 0.2) is 0 Å². The van der Waals surface area contributed by atoms with Crippen LogP contribution in [0.3, 0.4) is 0 Å². The molecule has 6 heteroatoms. The van der Waals surface area contributed by atoms with Crippen LogP contribution in [0.5, 0.6) is 0 Å². The number of hydrogen-bond donors (Lipinski definition) is 1. The van der Waals surface area contributed by atoms with E-state index >= 15 is 0 Å². The van der Waals surface area contributed by atoms with Crippen LogP contribution in [0.1, 0.15) is 28.0 Å². The molecule has 0 bridgehead atoms. The van der Waals surface area contributed by atoms with Gasteiger partial charge in [-0.2, -0.15) is 5.10 Å². The van der Waals surface area contributed by atoms with Gasteiger partial charge < -0.3 is 10.0 Å². The Morgan fingerprint density at radius 2 is 2.11 bits per heavy atom. The summed E-state index contributed by atoms with van der Waals surface area (Å²) in [7, 11) is 1.53. The second-order valence-electron chi connectivity index (χ2n) is 4.71. The van der Waals surface area contributed by atoms with E-state index in [0.29, 0.717) is 30.8 Å². The van der Waals surface area contributed by atoms with Crippen molar-refractivity contribution in [1.29, 1.82) is 0 Å². The third kappa shape index (κ3) is 2.03. The summed E-state index contributed by atoms with van der Waals surface area (Å²) in [5.41, 5.74) is 1.06. The Morgan fingerprint density at radius 1 is 1.44 bits per heavy atom. The highest BCUT2D eigenvalue weighted by molar-refractivity contribution is 5.95. The molecule has 1 saturated heterocycles. The Morgan fingerprint density at radius 3 is 2.67 bits per heavy atom. The molecule has 2 heterocycles. The zero-order valence-corrected chi connectivity index (χ0v) is 10.8. The SMILES string of the molecule is Cc1nn(C)c(=O)c(C(=O)N2CC[C@H](O)C2)c1C. The second kappa shape index (κ2) is 4.53. The standard InChI is InChI=1S/C12H17N3O3/c1-7-8(2)13-14(3)11(17)10(7)12(18)15-5-4-9(16)6-15/h9,16H,4-6H2,1-3H3/t9-/m0/s1. The quantitative estimate of drug-likeness (QED) is 0.737. The highest BCUT2D eigenvalue weighted by Gasteiger charge is 2.29. The van der Waals surface area contributed by atoms with Crippen molar-refractivity contribution < 1.29 is 9.90 Å². The van der Waals surface area contributed by atoms with E-state index in [0.717, 1.165) is 0 Å². The van der Waals surface area contributed by atoms with E-state index in [1.807, 2.05) is 0 Å². The van der Waals surface area contributed by atoms with Gasteiger partial charge in [-0.3, -0.25) is 9.59 Å². The van der Waals surface area contributed by atoms with Crippen molar-refractivity contribution in [3.05, 3.63) is 27.2 Å². The lowest BCUT2D eigenvalue weighted by molar-refractivity contribution is 0.0761. The lowest BCUT2D eigenvalue weighted by atomic mass is 10.1. The maximum atomic E-state index is 12.3. The lowest BCUT2D eigenvalue weighted by Gasteiger charge is -2.17. The van der Waals surface area contributed by atoms with Crippen LogP contribution in [0.25, 0.3) is 0 Å². The molecular weight excluding hydrogens is 234 g/mol. The molecule has 0 spiro atoms. The Balaban J connectivity index is 2.45. The summed E-state index contributed by atoms with van der Waals surface area (Å²) in [6.07, 6.45) is 0.0795. The fourth-order valence-corrected chi connectivity index (χ4v) is 2.18. The van der Waals surface area contributed by atoms with Crippen molar-refractivity contribution in [2.75, 3.05) is 13.1 Å². The first-order valence-corrected chi connectivity index (χ1v) is 5.93. The minimum Gasteiger partial charge on any atom is -0.391 e. The van der Waals surface area contributed by atoms with Crippen molar-refractivity contribution in [2.45, 2.75) is 26.4 Å². The molecule has 1 amide bonds. The van der Waals surface area contributed by atoms with Gasteiger partial charge in [0.1, 0.15) is 5.56 Å². The van der Waals surface area contributed by atoms with Crippen LogP contribution in [0, 0.1) is 13.8 Å². The minimum absolute atomic E-state index is 0.166. The van der Waals surface area contributed by atoms with E-state index in [4.69, 9.17) is 0 Å². The maximum absolute atomic E-state index is 12.3. The average molecular weight is 251 g/mol. The number of hydrogen-bond acceptors (Lipinski definition) is 4. The molecule has 98 valence electrons. The largest absolute Gasteiger partial charge is 0.391 e. The summed E-state index contributed by atoms with van der Waals surface area (Å²) in [5.74, 6) is -0.310. The maximum Gasteiger partial charge on any atom is 0.279 e. The second-order valence-corrected chi connectivity index (χ2v) is 4.71. The zero-order chi connectivity index (χ0) is 13.4. The van der Waals surface area contributed by atoms with E-state index < -0.39 is 6.10 Å². The summed E-state index contributed by atoms with van der Waals surface area (Å²) >= 11 is 0. The summed E-state index contributed by atoms with van der Waals surface area (Å²) in [6.45, 7) is 4.28. The molecule has 1 aromatic heterocycles. The number of β-amino-alcohol motifs (C(OH)–C–C–N with tert-alkyl or cyclic N) is 1. The van der Waals surface area contributed by atoms with E-state index in [2.05, 4.69) is 5.10 Å². The number of likely N-dealkylation sites (tertiary alicyclic amines) is 1. The van der Waals surface area contributed by atoms with Crippen LogP contribution in [-0.4, -0.2) is 44.9 Å². The van der Waals surface area contributed by atoms with Crippen molar-refractivity contribution in [3.8, 4) is 0 Å². The van der Waals surface area contributed by atoms with Crippen LogP contribution in [0.2, 0.25) is 0 Å². The monoisotopic (exact) mass is 251 g/mol. The molecular formula is C12H17N3O3. The van der Waals surface area contributed by atoms with Gasteiger partial charge in [0.2, 0.25) is 0 Å². The number of aromatic nitrogens is 2. The third-order valence-corrected chi connectivity index (χ3v) is 3.39. The molecule has 0 aromatic carbocycles. The van der Waals surface area contributed by atoms with Gasteiger partial charge in [-0.25, -0.2) is 4.68 Å². The van der Waals surface area contributed by atoms with E-state index in [9.17, 15) is 14.7 Å². The van der Waals surface area contributed by atoms with Crippen molar-refractivity contribution >= 4 is 5.91 Å². The normalized spacial score (nSPS) is 19.3. The topological polar surface area (TPSA) is 75.4 Å². The zero-order valence-electron chi connectivity index (χ0n) is 10.8. The molecule has 1 atom stereocenters. The number of nitrogens with zero attached hydrogens (tertiary/aromatic N) is 3. The number of amides is 1. The molecule has 0 aliphatic carbocycles. The molecule has 0 saturated carbocycles. The molecule has 0 radical (unpaired) electrons. The summed E-state index contributed by atoms with van der Waals surface area (Å²) in [4.78, 5) is 25.8. The number of carbonyl (C=O) groups is 1. The smallest absolute Gasteiger partial charge is 0.279 e. The van der Waals surface area contributed by atoms with Gasteiger partial charge in [0.25, 0.3) is 11.5 Å². The first kappa shape index (κ1) is 12.8. The van der Waals surface area contributed by atoms with Gasteiger partial charge >= 0.3 is 0 Å². The molecule has 2 rings (SSSR count). The molecule has 1 aliphatic rings. The molecule has 1 aliphatic heterocycles. The van der Waals surface area contributed by atoms with Crippen LogP contribution in [0.4, 0.5) is 0 Å². The number of aliphatic hydroxyl groups excluding tert-OH is 1. The highest BCUT2D eigenvalue weighted by atomic mass is 16.3. The van der Waals surface area contributed by atoms with Crippen molar-refractivity contribution in [1.82, 2.24) is 14.7 Å². The molecule has 18 heavy (non-hydrogen) atoms. The van der Waals surface area contributed by atoms with E-state index in [-0.39, 0.29) is 17.0 Å². The van der Waals surface area contributed by atoms with Crippen molar-refractivity contribution in [2.24, 2.45) is 7.05 Å². The van der Waals surface area contributed by atoms with Crippen LogP contribution in [0.15, 0.2) is 4.79 Å². The van der Waals surface area contributed by atoms with Gasteiger partial charge in [-0.05, 0) is 25.8 Å². The predicted octanol–water partition coefficient (Wildman–Crippen LogP) is -0.396. The molecule has 0 unspecified atom stereocenters. The van der Waals surface area contributed by atoms with Gasteiger partial charge in [0.05, 0.1) is 11.8 Å². The van der Waals surface area contributed by atoms with E-state index in [1.165, 1.54) is 16.6 Å². The van der Waals surface area contributed by atoms with Crippen LogP contribution >= 0.6 is 0 Å². The number of rotatable bonds is 1. The lowest BCUT2D eigenvalue weighted by Crippen LogP contribution is -2.37. The highest BCUT2D eigenvalue weighted by Crippen LogP contribution is 2.14.